The minimum absolute atomic E-state index is 0.127. The number of hydrogen-bond donors (Lipinski definition) is 2. The fourth-order valence-electron chi connectivity index (χ4n) is 4.59. The predicted octanol–water partition coefficient (Wildman–Crippen LogP) is 2.36. The van der Waals surface area contributed by atoms with E-state index in [1.54, 1.807) is 29.7 Å². The summed E-state index contributed by atoms with van der Waals surface area (Å²) >= 11 is 0. The van der Waals surface area contributed by atoms with Crippen LogP contribution in [0.15, 0.2) is 24.3 Å². The van der Waals surface area contributed by atoms with Gasteiger partial charge >= 0.3 is 5.97 Å². The highest BCUT2D eigenvalue weighted by atomic mass is 19.1. The van der Waals surface area contributed by atoms with E-state index >= 15 is 0 Å². The van der Waals surface area contributed by atoms with Crippen LogP contribution < -0.4 is 15.8 Å². The molecule has 216 valence electrons. The summed E-state index contributed by atoms with van der Waals surface area (Å²) in [6.45, 7) is 8.63. The third kappa shape index (κ3) is 6.49. The molecule has 1 aliphatic heterocycles. The van der Waals surface area contributed by atoms with Crippen LogP contribution in [0, 0.1) is 12.7 Å². The summed E-state index contributed by atoms with van der Waals surface area (Å²) in [7, 11) is 1.30. The zero-order valence-electron chi connectivity index (χ0n) is 23.1. The van der Waals surface area contributed by atoms with Gasteiger partial charge in [-0.05, 0) is 32.4 Å². The van der Waals surface area contributed by atoms with Crippen LogP contribution in [0.1, 0.15) is 39.9 Å². The van der Waals surface area contributed by atoms with Crippen molar-refractivity contribution in [2.45, 2.75) is 33.4 Å². The maximum absolute atomic E-state index is 14.8. The van der Waals surface area contributed by atoms with Crippen molar-refractivity contribution in [3.63, 3.8) is 0 Å². The molecule has 12 nitrogen and oxygen atoms in total. The molecule has 0 saturated carbocycles. The molecule has 3 aromatic rings. The Labute approximate surface area is 231 Å². The number of allylic oxidation sites excluding steroid dienone is 1. The molecular formula is C27H36FN7O5. The Balaban J connectivity index is 1.70. The number of aryl methyl sites for hydroxylation is 2. The molecule has 3 N–H and O–H groups in total. The molecule has 40 heavy (non-hydrogen) atoms. The van der Waals surface area contributed by atoms with Crippen LogP contribution in [0.3, 0.4) is 0 Å². The van der Waals surface area contributed by atoms with Crippen molar-refractivity contribution in [2.75, 3.05) is 58.4 Å². The van der Waals surface area contributed by atoms with Gasteiger partial charge in [-0.3, -0.25) is 19.7 Å². The highest BCUT2D eigenvalue weighted by Crippen LogP contribution is 2.32. The smallest absolute Gasteiger partial charge is 0.338 e. The Bertz CT molecular complexity index is 1380. The van der Waals surface area contributed by atoms with Crippen molar-refractivity contribution in [1.29, 1.82) is 0 Å². The molecule has 0 radical (unpaired) electrons. The van der Waals surface area contributed by atoms with Crippen LogP contribution in [-0.4, -0.2) is 89.2 Å². The van der Waals surface area contributed by atoms with Gasteiger partial charge in [-0.25, -0.2) is 14.2 Å². The number of benzene rings is 1. The van der Waals surface area contributed by atoms with Gasteiger partial charge in [0, 0.05) is 39.3 Å². The standard InChI is InChI=1S/C27H36FN7O5/c1-4-35-24(22(28)18(2)32-35)25(36)31-27-30-20-16-19(26(37)38-3)17-21(23(20)34(27)10-6-5-8-29)40-13-7-9-33-11-14-39-15-12-33/h5-6,16-17H,4,7-15,29H2,1-3H3,(H,30,31,36)/b6-5+. The normalized spacial score (nSPS) is 14.2. The number of imidazole rings is 1. The van der Waals surface area contributed by atoms with Crippen molar-refractivity contribution >= 4 is 28.9 Å². The minimum atomic E-state index is -0.694. The summed E-state index contributed by atoms with van der Waals surface area (Å²) in [6, 6.07) is 3.18. The van der Waals surface area contributed by atoms with E-state index in [9.17, 15) is 14.0 Å². The summed E-state index contributed by atoms with van der Waals surface area (Å²) in [4.78, 5) is 32.6. The fraction of sp³-hybridized carbons (Fsp3) is 0.481. The second-order valence-electron chi connectivity index (χ2n) is 9.26. The second-order valence-corrected chi connectivity index (χ2v) is 9.26. The molecule has 13 heteroatoms. The number of halogens is 1. The average molecular weight is 558 g/mol. The Morgan fingerprint density at radius 3 is 2.73 bits per heavy atom. The molecule has 1 aromatic carbocycles. The van der Waals surface area contributed by atoms with E-state index in [2.05, 4.69) is 20.3 Å². The number of esters is 1. The molecular weight excluding hydrogens is 521 g/mol. The first kappa shape index (κ1) is 29.2. The first-order valence-corrected chi connectivity index (χ1v) is 13.3. The second kappa shape index (κ2) is 13.5. The predicted molar refractivity (Wildman–Crippen MR) is 147 cm³/mol. The zero-order valence-corrected chi connectivity index (χ0v) is 23.1. The van der Waals surface area contributed by atoms with Gasteiger partial charge in [0.2, 0.25) is 5.95 Å². The number of nitrogens with one attached hydrogen (secondary N) is 1. The number of rotatable bonds is 12. The summed E-state index contributed by atoms with van der Waals surface area (Å²) in [5, 5.41) is 6.82. The fourth-order valence-corrected chi connectivity index (χ4v) is 4.59. The van der Waals surface area contributed by atoms with E-state index in [1.165, 1.54) is 18.7 Å². The minimum Gasteiger partial charge on any atom is -0.491 e. The molecule has 0 atom stereocenters. The lowest BCUT2D eigenvalue weighted by molar-refractivity contribution is 0.0358. The van der Waals surface area contributed by atoms with Crippen molar-refractivity contribution in [3.05, 3.63) is 47.1 Å². The van der Waals surface area contributed by atoms with Gasteiger partial charge in [0.25, 0.3) is 5.91 Å². The number of morpholine rings is 1. The quantitative estimate of drug-likeness (QED) is 0.195. The monoisotopic (exact) mass is 557 g/mol. The van der Waals surface area contributed by atoms with Gasteiger partial charge in [0.05, 0.1) is 43.7 Å². The van der Waals surface area contributed by atoms with Crippen LogP contribution in [0.5, 0.6) is 5.75 Å². The summed E-state index contributed by atoms with van der Waals surface area (Å²) < 4.78 is 34.4. The SMILES string of the molecule is CCn1nc(C)c(F)c1C(=O)Nc1nc2cc(C(=O)OC)cc(OCCCN3CCOCC3)c2n1C/C=C/CN. The molecule has 1 aliphatic rings. The maximum Gasteiger partial charge on any atom is 0.338 e. The lowest BCUT2D eigenvalue weighted by Gasteiger charge is -2.26. The van der Waals surface area contributed by atoms with Crippen LogP contribution >= 0.6 is 0 Å². The first-order valence-electron chi connectivity index (χ1n) is 13.3. The molecule has 1 saturated heterocycles. The number of nitrogens with two attached hydrogens (primary N) is 1. The molecule has 0 bridgehead atoms. The first-order chi connectivity index (χ1) is 19.4. The molecule has 0 unspecified atom stereocenters. The summed E-state index contributed by atoms with van der Waals surface area (Å²) in [5.41, 5.74) is 6.81. The van der Waals surface area contributed by atoms with Gasteiger partial charge in [0.15, 0.2) is 11.5 Å². The largest absolute Gasteiger partial charge is 0.491 e. The van der Waals surface area contributed by atoms with Crippen molar-refractivity contribution < 1.29 is 28.2 Å². The lowest BCUT2D eigenvalue weighted by Crippen LogP contribution is -2.37. The third-order valence-corrected chi connectivity index (χ3v) is 6.59. The van der Waals surface area contributed by atoms with Crippen LogP contribution in [0.25, 0.3) is 11.0 Å². The summed E-state index contributed by atoms with van der Waals surface area (Å²) in [5.74, 6) is -1.37. The van der Waals surface area contributed by atoms with Crippen molar-refractivity contribution in [3.8, 4) is 5.75 Å². The molecule has 1 amide bonds. The number of anilines is 1. The Morgan fingerprint density at radius 1 is 1.25 bits per heavy atom. The number of aromatic nitrogens is 4. The van der Waals surface area contributed by atoms with Gasteiger partial charge in [0.1, 0.15) is 11.3 Å². The highest BCUT2D eigenvalue weighted by Gasteiger charge is 2.25. The van der Waals surface area contributed by atoms with Gasteiger partial charge in [-0.2, -0.15) is 5.10 Å². The molecule has 0 spiro atoms. The zero-order chi connectivity index (χ0) is 28.6. The number of ether oxygens (including phenoxy) is 3. The Morgan fingerprint density at radius 2 is 2.02 bits per heavy atom. The van der Waals surface area contributed by atoms with E-state index in [0.29, 0.717) is 43.0 Å². The Kier molecular flexibility index (Phi) is 9.85. The van der Waals surface area contributed by atoms with Gasteiger partial charge < -0.3 is 24.5 Å². The van der Waals surface area contributed by atoms with Crippen LogP contribution in [-0.2, 0) is 22.6 Å². The molecule has 1 fully saturated rings. The molecule has 2 aromatic heterocycles. The van der Waals surface area contributed by atoms with E-state index in [0.717, 1.165) is 39.3 Å². The number of hydrogen-bond acceptors (Lipinski definition) is 9. The number of carbonyl (C=O) groups excluding carboxylic acids is 2. The number of methoxy groups -OCH3 is 1. The maximum atomic E-state index is 14.8. The number of carbonyl (C=O) groups is 2. The van der Waals surface area contributed by atoms with Gasteiger partial charge in [-0.1, -0.05) is 12.2 Å². The van der Waals surface area contributed by atoms with E-state index in [1.807, 2.05) is 6.08 Å². The Hall–Kier alpha value is -3.81. The third-order valence-electron chi connectivity index (χ3n) is 6.59. The topological polar surface area (TPSA) is 139 Å². The van der Waals surface area contributed by atoms with Crippen LogP contribution in [0.2, 0.25) is 0 Å². The number of nitrogens with zero attached hydrogens (tertiary/aromatic N) is 5. The van der Waals surface area contributed by atoms with Crippen LogP contribution in [0.4, 0.5) is 10.3 Å². The van der Waals surface area contributed by atoms with Crippen molar-refractivity contribution in [1.82, 2.24) is 24.2 Å². The number of amides is 1. The lowest BCUT2D eigenvalue weighted by atomic mass is 10.2. The highest BCUT2D eigenvalue weighted by molar-refractivity contribution is 6.04. The van der Waals surface area contributed by atoms with E-state index < -0.39 is 17.7 Å². The van der Waals surface area contributed by atoms with Crippen molar-refractivity contribution in [2.24, 2.45) is 5.73 Å². The molecule has 0 aliphatic carbocycles. The number of fused-ring (bicyclic) bond motifs is 1. The van der Waals surface area contributed by atoms with Gasteiger partial charge in [-0.15, -0.1) is 0 Å². The molecule has 4 rings (SSSR count). The van der Waals surface area contributed by atoms with E-state index in [-0.39, 0.29) is 22.9 Å². The molecule has 3 heterocycles. The average Bonchev–Trinajstić information content (AvgIpc) is 3.46. The summed E-state index contributed by atoms with van der Waals surface area (Å²) in [6.07, 6.45) is 4.36. The van der Waals surface area contributed by atoms with E-state index in [4.69, 9.17) is 19.9 Å².